The van der Waals surface area contributed by atoms with E-state index in [9.17, 15) is 0 Å². The van der Waals surface area contributed by atoms with Crippen molar-refractivity contribution in [3.8, 4) is 22.4 Å². The molecule has 4 nitrogen and oxygen atoms in total. The summed E-state index contributed by atoms with van der Waals surface area (Å²) in [5.74, 6) is 0. The summed E-state index contributed by atoms with van der Waals surface area (Å²) < 4.78 is 0. The number of hydrogen-bond donors (Lipinski definition) is 2. The highest BCUT2D eigenvalue weighted by molar-refractivity contribution is 5.99. The van der Waals surface area contributed by atoms with Gasteiger partial charge < -0.3 is 4.98 Å². The molecule has 2 aromatic heterocycles. The number of fused-ring (bicyclic) bond motifs is 1. The Morgan fingerprint density at radius 1 is 0.800 bits per heavy atom. The Hall–Kier alpha value is -2.88. The van der Waals surface area contributed by atoms with Crippen LogP contribution < -0.4 is 0 Å². The lowest BCUT2D eigenvalue weighted by atomic mass is 9.96. The number of hydrogen-bond acceptors (Lipinski definition) is 2. The molecular weight excluding hydrogens is 248 g/mol. The van der Waals surface area contributed by atoms with Gasteiger partial charge in [-0.3, -0.25) is 0 Å². The molecule has 0 amide bonds. The molecule has 4 aromatic rings. The number of nitrogens with zero attached hydrogens (tertiary/aromatic N) is 2. The maximum absolute atomic E-state index is 4.30. The summed E-state index contributed by atoms with van der Waals surface area (Å²) in [5, 5.41) is 11.2. The lowest BCUT2D eigenvalue weighted by Gasteiger charge is -2.09. The quantitative estimate of drug-likeness (QED) is 0.578. The summed E-state index contributed by atoms with van der Waals surface area (Å²) in [6.45, 7) is 0. The zero-order chi connectivity index (χ0) is 13.4. The van der Waals surface area contributed by atoms with Crippen molar-refractivity contribution in [2.75, 3.05) is 0 Å². The van der Waals surface area contributed by atoms with E-state index < -0.39 is 0 Å². The smallest absolute Gasteiger partial charge is 0.122 e. The molecule has 0 atom stereocenters. The first-order valence-corrected chi connectivity index (χ1v) is 6.46. The minimum atomic E-state index is 0.870. The fourth-order valence-corrected chi connectivity index (χ4v) is 2.53. The predicted octanol–water partition coefficient (Wildman–Crippen LogP) is 3.62. The highest BCUT2D eigenvalue weighted by Crippen LogP contribution is 2.35. The molecule has 0 unspecified atom stereocenters. The molecule has 96 valence electrons. The molecule has 20 heavy (non-hydrogen) atoms. The average Bonchev–Trinajstić information content (AvgIpc) is 3.18. The summed E-state index contributed by atoms with van der Waals surface area (Å²) in [4.78, 5) is 3.26. The van der Waals surface area contributed by atoms with E-state index in [4.69, 9.17) is 0 Å². The van der Waals surface area contributed by atoms with Crippen LogP contribution in [0.1, 0.15) is 0 Å². The number of rotatable bonds is 2. The fraction of sp³-hybridized carbons (Fsp3) is 0. The SMILES string of the molecule is c1ccc(-c2ccc3n[nH]nc3c2-c2ccc[nH]2)cc1. The van der Waals surface area contributed by atoms with Crippen molar-refractivity contribution in [2.45, 2.75) is 0 Å². The molecule has 0 radical (unpaired) electrons. The molecule has 0 saturated carbocycles. The number of H-pyrrole nitrogens is 2. The van der Waals surface area contributed by atoms with Crippen molar-refractivity contribution in [3.63, 3.8) is 0 Å². The van der Waals surface area contributed by atoms with Gasteiger partial charge in [0.05, 0.1) is 0 Å². The van der Waals surface area contributed by atoms with Crippen LogP contribution in [-0.4, -0.2) is 20.4 Å². The highest BCUT2D eigenvalue weighted by atomic mass is 15.3. The lowest BCUT2D eigenvalue weighted by Crippen LogP contribution is -1.87. The molecule has 2 aromatic carbocycles. The minimum absolute atomic E-state index is 0.870. The second kappa shape index (κ2) is 4.35. The number of aromatic amines is 2. The van der Waals surface area contributed by atoms with Gasteiger partial charge in [-0.1, -0.05) is 36.4 Å². The van der Waals surface area contributed by atoms with Crippen LogP contribution in [0.5, 0.6) is 0 Å². The molecule has 0 aliphatic heterocycles. The van der Waals surface area contributed by atoms with Crippen LogP contribution in [0.2, 0.25) is 0 Å². The zero-order valence-corrected chi connectivity index (χ0v) is 10.7. The Balaban J connectivity index is 2.08. The average molecular weight is 260 g/mol. The molecule has 4 heteroatoms. The van der Waals surface area contributed by atoms with Gasteiger partial charge in [0.25, 0.3) is 0 Å². The topological polar surface area (TPSA) is 57.4 Å². The Morgan fingerprint density at radius 2 is 1.70 bits per heavy atom. The van der Waals surface area contributed by atoms with E-state index in [1.54, 1.807) is 0 Å². The van der Waals surface area contributed by atoms with Crippen molar-refractivity contribution in [3.05, 3.63) is 60.8 Å². The molecule has 0 aliphatic carbocycles. The van der Waals surface area contributed by atoms with Gasteiger partial charge in [0.2, 0.25) is 0 Å². The van der Waals surface area contributed by atoms with Gasteiger partial charge in [-0.25, -0.2) is 0 Å². The van der Waals surface area contributed by atoms with Gasteiger partial charge in [0, 0.05) is 17.5 Å². The van der Waals surface area contributed by atoms with E-state index in [1.807, 2.05) is 36.5 Å². The molecule has 0 aliphatic rings. The predicted molar refractivity (Wildman–Crippen MR) is 79.1 cm³/mol. The molecule has 2 heterocycles. The normalized spacial score (nSPS) is 11.0. The summed E-state index contributed by atoms with van der Waals surface area (Å²) in [6.07, 6.45) is 1.92. The summed E-state index contributed by atoms with van der Waals surface area (Å²) >= 11 is 0. The van der Waals surface area contributed by atoms with E-state index in [-0.39, 0.29) is 0 Å². The number of aromatic nitrogens is 4. The van der Waals surface area contributed by atoms with E-state index >= 15 is 0 Å². The van der Waals surface area contributed by atoms with Gasteiger partial charge in [0.15, 0.2) is 0 Å². The molecule has 0 bridgehead atoms. The van der Waals surface area contributed by atoms with Crippen LogP contribution >= 0.6 is 0 Å². The third-order valence-corrected chi connectivity index (χ3v) is 3.44. The number of benzene rings is 2. The van der Waals surface area contributed by atoms with Gasteiger partial charge in [-0.2, -0.15) is 15.4 Å². The Bertz CT molecular complexity index is 845. The summed E-state index contributed by atoms with van der Waals surface area (Å²) in [5.41, 5.74) is 6.19. The van der Waals surface area contributed by atoms with Crippen LogP contribution in [0.25, 0.3) is 33.4 Å². The molecule has 4 rings (SSSR count). The maximum atomic E-state index is 4.30. The van der Waals surface area contributed by atoms with Crippen molar-refractivity contribution < 1.29 is 0 Å². The van der Waals surface area contributed by atoms with E-state index in [0.29, 0.717) is 0 Å². The number of nitrogens with one attached hydrogen (secondary N) is 2. The van der Waals surface area contributed by atoms with Crippen molar-refractivity contribution in [1.29, 1.82) is 0 Å². The van der Waals surface area contributed by atoms with Gasteiger partial charge in [0.1, 0.15) is 11.0 Å². The van der Waals surface area contributed by atoms with Crippen LogP contribution in [0.15, 0.2) is 60.8 Å². The van der Waals surface area contributed by atoms with Crippen LogP contribution in [-0.2, 0) is 0 Å². The summed E-state index contributed by atoms with van der Waals surface area (Å²) in [6, 6.07) is 18.4. The maximum Gasteiger partial charge on any atom is 0.122 e. The van der Waals surface area contributed by atoms with E-state index in [0.717, 1.165) is 27.9 Å². The lowest BCUT2D eigenvalue weighted by molar-refractivity contribution is 0.959. The first-order valence-electron chi connectivity index (χ1n) is 6.46. The highest BCUT2D eigenvalue weighted by Gasteiger charge is 2.14. The Kier molecular flexibility index (Phi) is 2.39. The van der Waals surface area contributed by atoms with Gasteiger partial charge in [-0.15, -0.1) is 0 Å². The third kappa shape index (κ3) is 1.62. The molecule has 0 saturated heterocycles. The molecule has 2 N–H and O–H groups in total. The largest absolute Gasteiger partial charge is 0.361 e. The van der Waals surface area contributed by atoms with E-state index in [2.05, 4.69) is 44.7 Å². The van der Waals surface area contributed by atoms with Crippen LogP contribution in [0.4, 0.5) is 0 Å². The fourth-order valence-electron chi connectivity index (χ4n) is 2.53. The first kappa shape index (κ1) is 11.0. The van der Waals surface area contributed by atoms with Crippen molar-refractivity contribution in [1.82, 2.24) is 20.4 Å². The van der Waals surface area contributed by atoms with Crippen molar-refractivity contribution >= 4 is 11.0 Å². The van der Waals surface area contributed by atoms with E-state index in [1.165, 1.54) is 5.56 Å². The van der Waals surface area contributed by atoms with Gasteiger partial charge in [-0.05, 0) is 29.3 Å². The van der Waals surface area contributed by atoms with Crippen LogP contribution in [0.3, 0.4) is 0 Å². The molecular formula is C16H12N4. The monoisotopic (exact) mass is 260 g/mol. The Labute approximate surface area is 115 Å². The third-order valence-electron chi connectivity index (χ3n) is 3.44. The first-order chi connectivity index (χ1) is 9.93. The molecule has 0 fully saturated rings. The second-order valence-corrected chi connectivity index (χ2v) is 4.63. The zero-order valence-electron chi connectivity index (χ0n) is 10.7. The standard InChI is InChI=1S/C16H12N4/c1-2-5-11(6-3-1)12-8-9-14-16(19-20-18-14)15(12)13-7-4-10-17-13/h1-10,17H,(H,18,19,20). The second-order valence-electron chi connectivity index (χ2n) is 4.63. The Morgan fingerprint density at radius 3 is 2.50 bits per heavy atom. The van der Waals surface area contributed by atoms with Crippen molar-refractivity contribution in [2.24, 2.45) is 0 Å². The van der Waals surface area contributed by atoms with Crippen LogP contribution in [0, 0.1) is 0 Å². The minimum Gasteiger partial charge on any atom is -0.361 e. The van der Waals surface area contributed by atoms with Gasteiger partial charge >= 0.3 is 0 Å². The summed E-state index contributed by atoms with van der Waals surface area (Å²) in [7, 11) is 0. The molecule has 0 spiro atoms.